The van der Waals surface area contributed by atoms with Gasteiger partial charge >= 0.3 is 5.97 Å². The molecule has 0 saturated heterocycles. The molecule has 17 heavy (non-hydrogen) atoms. The van der Waals surface area contributed by atoms with E-state index in [-0.39, 0.29) is 11.9 Å². The van der Waals surface area contributed by atoms with E-state index in [2.05, 4.69) is 5.32 Å². The summed E-state index contributed by atoms with van der Waals surface area (Å²) in [4.78, 5) is 22.9. The molecule has 96 valence electrons. The Kier molecular flexibility index (Phi) is 5.19. The lowest BCUT2D eigenvalue weighted by molar-refractivity contribution is -0.143. The third kappa shape index (κ3) is 3.88. The lowest BCUT2D eigenvalue weighted by atomic mass is 9.94. The molecule has 4 heteroatoms. The number of aliphatic carboxylic acids is 1. The molecule has 4 nitrogen and oxygen atoms in total. The van der Waals surface area contributed by atoms with E-state index in [1.807, 2.05) is 0 Å². The molecule has 2 N–H and O–H groups in total. The smallest absolute Gasteiger partial charge is 0.308 e. The standard InChI is InChI=1S/C13H21NO3/c1-3-9(2)12(15)14-11-8-6-4-5-7-10(11)13(16)17/h3,10-11H,4-8H2,1-2H3,(H,14,15)(H,16,17). The number of hydrogen-bond acceptors (Lipinski definition) is 2. The summed E-state index contributed by atoms with van der Waals surface area (Å²) in [5.41, 5.74) is 0.637. The predicted octanol–water partition coefficient (Wildman–Crippen LogP) is 2.10. The van der Waals surface area contributed by atoms with Crippen LogP contribution in [0.15, 0.2) is 11.6 Å². The number of rotatable bonds is 3. The minimum absolute atomic E-state index is 0.148. The van der Waals surface area contributed by atoms with Crippen LogP contribution in [0.5, 0.6) is 0 Å². The van der Waals surface area contributed by atoms with Crippen LogP contribution in [-0.2, 0) is 9.59 Å². The minimum Gasteiger partial charge on any atom is -0.481 e. The van der Waals surface area contributed by atoms with Crippen molar-refractivity contribution in [3.63, 3.8) is 0 Å². The Morgan fingerprint density at radius 1 is 1.24 bits per heavy atom. The van der Waals surface area contributed by atoms with Crippen LogP contribution in [0.4, 0.5) is 0 Å². The average molecular weight is 239 g/mol. The molecule has 1 aliphatic carbocycles. The Bertz CT molecular complexity index is 323. The van der Waals surface area contributed by atoms with Gasteiger partial charge in [0.2, 0.25) is 5.91 Å². The van der Waals surface area contributed by atoms with E-state index in [1.54, 1.807) is 19.9 Å². The van der Waals surface area contributed by atoms with E-state index in [0.29, 0.717) is 12.0 Å². The van der Waals surface area contributed by atoms with Gasteiger partial charge in [0, 0.05) is 11.6 Å². The molecular formula is C13H21NO3. The lowest BCUT2D eigenvalue weighted by Crippen LogP contribution is -2.43. The van der Waals surface area contributed by atoms with Gasteiger partial charge in [-0.2, -0.15) is 0 Å². The van der Waals surface area contributed by atoms with Crippen LogP contribution in [0.1, 0.15) is 46.0 Å². The molecule has 2 atom stereocenters. The maximum absolute atomic E-state index is 11.8. The highest BCUT2D eigenvalue weighted by atomic mass is 16.4. The zero-order chi connectivity index (χ0) is 12.8. The monoisotopic (exact) mass is 239 g/mol. The Hall–Kier alpha value is -1.32. The fraction of sp³-hybridized carbons (Fsp3) is 0.692. The molecular weight excluding hydrogens is 218 g/mol. The maximum Gasteiger partial charge on any atom is 0.308 e. The summed E-state index contributed by atoms with van der Waals surface area (Å²) in [5, 5.41) is 12.0. The number of allylic oxidation sites excluding steroid dienone is 1. The van der Waals surface area contributed by atoms with Gasteiger partial charge in [-0.05, 0) is 26.7 Å². The molecule has 0 heterocycles. The number of hydrogen-bond donors (Lipinski definition) is 2. The third-order valence-electron chi connectivity index (χ3n) is 3.44. The Morgan fingerprint density at radius 2 is 1.88 bits per heavy atom. The zero-order valence-corrected chi connectivity index (χ0v) is 10.5. The van der Waals surface area contributed by atoms with E-state index in [0.717, 1.165) is 25.7 Å². The molecule has 1 rings (SSSR count). The summed E-state index contributed by atoms with van der Waals surface area (Å²) >= 11 is 0. The molecule has 1 aliphatic rings. The highest BCUT2D eigenvalue weighted by Crippen LogP contribution is 2.24. The third-order valence-corrected chi connectivity index (χ3v) is 3.44. The van der Waals surface area contributed by atoms with E-state index in [1.165, 1.54) is 0 Å². The average Bonchev–Trinajstić information content (AvgIpc) is 2.53. The van der Waals surface area contributed by atoms with Gasteiger partial charge < -0.3 is 10.4 Å². The first kappa shape index (κ1) is 13.7. The van der Waals surface area contributed by atoms with Crippen molar-refractivity contribution < 1.29 is 14.7 Å². The Morgan fingerprint density at radius 3 is 2.47 bits per heavy atom. The normalized spacial score (nSPS) is 26.1. The second kappa shape index (κ2) is 6.42. The number of carbonyl (C=O) groups excluding carboxylic acids is 1. The number of carboxylic acid groups (broad SMARTS) is 1. The molecule has 0 aromatic heterocycles. The van der Waals surface area contributed by atoms with Gasteiger partial charge in [-0.1, -0.05) is 25.3 Å². The van der Waals surface area contributed by atoms with Gasteiger partial charge in [0.05, 0.1) is 5.92 Å². The SMILES string of the molecule is CC=C(C)C(=O)NC1CCCCCC1C(=O)O. The van der Waals surface area contributed by atoms with Gasteiger partial charge in [0.15, 0.2) is 0 Å². The molecule has 0 bridgehead atoms. The Balaban J connectivity index is 2.70. The summed E-state index contributed by atoms with van der Waals surface area (Å²) in [6.45, 7) is 3.54. The van der Waals surface area contributed by atoms with Crippen molar-refractivity contribution in [3.05, 3.63) is 11.6 Å². The zero-order valence-electron chi connectivity index (χ0n) is 10.5. The topological polar surface area (TPSA) is 66.4 Å². The molecule has 0 aromatic rings. The fourth-order valence-electron chi connectivity index (χ4n) is 2.19. The van der Waals surface area contributed by atoms with Crippen molar-refractivity contribution in [2.75, 3.05) is 0 Å². The van der Waals surface area contributed by atoms with Crippen LogP contribution >= 0.6 is 0 Å². The minimum atomic E-state index is -0.796. The first-order chi connectivity index (χ1) is 8.06. The molecule has 0 aliphatic heterocycles. The second-order valence-corrected chi connectivity index (χ2v) is 4.63. The maximum atomic E-state index is 11.8. The van der Waals surface area contributed by atoms with Crippen molar-refractivity contribution in [1.82, 2.24) is 5.32 Å². The second-order valence-electron chi connectivity index (χ2n) is 4.63. The highest BCUT2D eigenvalue weighted by molar-refractivity contribution is 5.93. The molecule has 0 aromatic carbocycles. The van der Waals surface area contributed by atoms with Gasteiger partial charge in [0.1, 0.15) is 0 Å². The highest BCUT2D eigenvalue weighted by Gasteiger charge is 2.30. The summed E-state index contributed by atoms with van der Waals surface area (Å²) < 4.78 is 0. The lowest BCUT2D eigenvalue weighted by Gasteiger charge is -2.23. The van der Waals surface area contributed by atoms with E-state index in [9.17, 15) is 14.7 Å². The van der Waals surface area contributed by atoms with Gasteiger partial charge in [0.25, 0.3) is 0 Å². The van der Waals surface area contributed by atoms with Crippen LogP contribution in [-0.4, -0.2) is 23.0 Å². The quantitative estimate of drug-likeness (QED) is 0.585. The van der Waals surface area contributed by atoms with Crippen molar-refractivity contribution in [2.24, 2.45) is 5.92 Å². The first-order valence-corrected chi connectivity index (χ1v) is 6.23. The van der Waals surface area contributed by atoms with Crippen molar-refractivity contribution in [2.45, 2.75) is 52.0 Å². The van der Waals surface area contributed by atoms with Crippen LogP contribution in [0, 0.1) is 5.92 Å². The molecule has 0 radical (unpaired) electrons. The van der Waals surface area contributed by atoms with Crippen molar-refractivity contribution in [3.8, 4) is 0 Å². The van der Waals surface area contributed by atoms with E-state index < -0.39 is 11.9 Å². The van der Waals surface area contributed by atoms with Gasteiger partial charge in [-0.25, -0.2) is 0 Å². The number of nitrogens with one attached hydrogen (secondary N) is 1. The summed E-state index contributed by atoms with van der Waals surface area (Å²) in [6, 6.07) is -0.225. The van der Waals surface area contributed by atoms with Gasteiger partial charge in [-0.15, -0.1) is 0 Å². The molecule has 0 spiro atoms. The van der Waals surface area contributed by atoms with Crippen LogP contribution in [0.2, 0.25) is 0 Å². The molecule has 2 unspecified atom stereocenters. The first-order valence-electron chi connectivity index (χ1n) is 6.23. The van der Waals surface area contributed by atoms with Crippen LogP contribution in [0.25, 0.3) is 0 Å². The molecule has 1 fully saturated rings. The summed E-state index contributed by atoms with van der Waals surface area (Å²) in [6.07, 6.45) is 6.14. The van der Waals surface area contributed by atoms with E-state index >= 15 is 0 Å². The Labute approximate surface area is 102 Å². The fourth-order valence-corrected chi connectivity index (χ4v) is 2.19. The summed E-state index contributed by atoms with van der Waals surface area (Å²) in [5.74, 6) is -1.38. The van der Waals surface area contributed by atoms with E-state index in [4.69, 9.17) is 0 Å². The number of carboxylic acids is 1. The van der Waals surface area contributed by atoms with Crippen LogP contribution in [0.3, 0.4) is 0 Å². The largest absolute Gasteiger partial charge is 0.481 e. The molecule has 1 amide bonds. The van der Waals surface area contributed by atoms with Crippen molar-refractivity contribution in [1.29, 1.82) is 0 Å². The summed E-state index contributed by atoms with van der Waals surface area (Å²) in [7, 11) is 0. The van der Waals surface area contributed by atoms with Crippen molar-refractivity contribution >= 4 is 11.9 Å². The van der Waals surface area contributed by atoms with Gasteiger partial charge in [-0.3, -0.25) is 9.59 Å². The number of amides is 1. The predicted molar refractivity (Wildman–Crippen MR) is 65.6 cm³/mol. The molecule has 1 saturated carbocycles. The van der Waals surface area contributed by atoms with Crippen LogP contribution < -0.4 is 5.32 Å². The number of carbonyl (C=O) groups is 2.